The van der Waals surface area contributed by atoms with Crippen LogP contribution >= 0.6 is 11.6 Å². The van der Waals surface area contributed by atoms with Gasteiger partial charge in [-0.1, -0.05) is 0 Å². The molecule has 0 unspecified atom stereocenters. The predicted octanol–water partition coefficient (Wildman–Crippen LogP) is 0.441. The Balaban J connectivity index is 2.56. The number of aldehydes is 1. The number of hydrogen-bond donors (Lipinski definition) is 0. The topological polar surface area (TPSA) is 26.3 Å². The van der Waals surface area contributed by atoms with Crippen molar-refractivity contribution in [2.45, 2.75) is 0 Å². The van der Waals surface area contributed by atoms with Crippen LogP contribution in [-0.2, 0) is 9.53 Å². The van der Waals surface area contributed by atoms with Crippen LogP contribution in [0.2, 0.25) is 0 Å². The van der Waals surface area contributed by atoms with Gasteiger partial charge in [0.15, 0.2) is 0 Å². The standard InChI is InChI=1S/C4H7ClO2/c5-1-3-7-4-2-6/h2H,1,3-4H2. The van der Waals surface area contributed by atoms with Gasteiger partial charge in [-0.2, -0.15) is 0 Å². The van der Waals surface area contributed by atoms with Gasteiger partial charge in [-0.25, -0.2) is 0 Å². The zero-order chi connectivity index (χ0) is 5.54. The van der Waals surface area contributed by atoms with E-state index in [-0.39, 0.29) is 6.61 Å². The van der Waals surface area contributed by atoms with Crippen LogP contribution in [0.25, 0.3) is 0 Å². The molecule has 0 aliphatic rings. The van der Waals surface area contributed by atoms with Crippen molar-refractivity contribution < 1.29 is 9.53 Å². The Morgan fingerprint density at radius 1 is 1.71 bits per heavy atom. The average molecular weight is 123 g/mol. The highest BCUT2D eigenvalue weighted by molar-refractivity contribution is 6.17. The van der Waals surface area contributed by atoms with E-state index in [0.717, 1.165) is 0 Å². The van der Waals surface area contributed by atoms with Crippen LogP contribution in [0.4, 0.5) is 0 Å². The number of alkyl halides is 1. The van der Waals surface area contributed by atoms with Gasteiger partial charge < -0.3 is 9.53 Å². The van der Waals surface area contributed by atoms with Gasteiger partial charge in [0.2, 0.25) is 0 Å². The van der Waals surface area contributed by atoms with E-state index in [4.69, 9.17) is 11.6 Å². The fraction of sp³-hybridized carbons (Fsp3) is 0.750. The summed E-state index contributed by atoms with van der Waals surface area (Å²) in [5.41, 5.74) is 0. The van der Waals surface area contributed by atoms with E-state index in [1.165, 1.54) is 0 Å². The number of ether oxygens (including phenoxy) is 1. The molecule has 0 heterocycles. The van der Waals surface area contributed by atoms with Crippen molar-refractivity contribution >= 4 is 17.9 Å². The maximum absolute atomic E-state index is 9.51. The normalized spacial score (nSPS) is 8.71. The molecule has 0 atom stereocenters. The Kier molecular flexibility index (Phi) is 5.85. The number of hydrogen-bond acceptors (Lipinski definition) is 2. The minimum absolute atomic E-state index is 0.159. The molecule has 7 heavy (non-hydrogen) atoms. The summed E-state index contributed by atoms with van der Waals surface area (Å²) in [7, 11) is 0. The first-order valence-corrected chi connectivity index (χ1v) is 2.52. The second kappa shape index (κ2) is 5.92. The lowest BCUT2D eigenvalue weighted by atomic mass is 10.8. The van der Waals surface area contributed by atoms with Crippen molar-refractivity contribution in [2.24, 2.45) is 0 Å². The molecule has 0 aromatic heterocycles. The van der Waals surface area contributed by atoms with Crippen LogP contribution in [0.1, 0.15) is 0 Å². The van der Waals surface area contributed by atoms with Gasteiger partial charge in [0.25, 0.3) is 0 Å². The van der Waals surface area contributed by atoms with Gasteiger partial charge in [-0.3, -0.25) is 0 Å². The molecule has 0 radical (unpaired) electrons. The molecule has 0 rings (SSSR count). The van der Waals surface area contributed by atoms with Gasteiger partial charge in [0.05, 0.1) is 6.61 Å². The zero-order valence-electron chi connectivity index (χ0n) is 3.89. The van der Waals surface area contributed by atoms with Crippen molar-refractivity contribution in [3.63, 3.8) is 0 Å². The molecule has 0 saturated heterocycles. The van der Waals surface area contributed by atoms with Crippen LogP contribution in [0.3, 0.4) is 0 Å². The molecule has 0 fully saturated rings. The first kappa shape index (κ1) is 6.92. The lowest BCUT2D eigenvalue weighted by Crippen LogP contribution is -1.97. The number of carbonyl (C=O) groups is 1. The summed E-state index contributed by atoms with van der Waals surface area (Å²) in [4.78, 5) is 9.51. The molecule has 0 bridgehead atoms. The molecule has 3 heteroatoms. The van der Waals surface area contributed by atoms with E-state index < -0.39 is 0 Å². The van der Waals surface area contributed by atoms with Crippen molar-refractivity contribution in [1.82, 2.24) is 0 Å². The van der Waals surface area contributed by atoms with Crippen LogP contribution in [0.15, 0.2) is 0 Å². The van der Waals surface area contributed by atoms with Gasteiger partial charge in [-0.05, 0) is 0 Å². The molecular formula is C4H7ClO2. The van der Waals surface area contributed by atoms with Crippen molar-refractivity contribution in [1.29, 1.82) is 0 Å². The largest absolute Gasteiger partial charge is 0.373 e. The lowest BCUT2D eigenvalue weighted by Gasteiger charge is -1.89. The lowest BCUT2D eigenvalue weighted by molar-refractivity contribution is -0.111. The Hall–Kier alpha value is -0.0800. The third kappa shape index (κ3) is 5.92. The minimum atomic E-state index is 0.159. The maximum atomic E-state index is 9.51. The summed E-state index contributed by atoms with van der Waals surface area (Å²) in [6, 6.07) is 0. The molecule has 0 aliphatic heterocycles. The van der Waals surface area contributed by atoms with E-state index in [1.807, 2.05) is 0 Å². The van der Waals surface area contributed by atoms with Gasteiger partial charge in [0, 0.05) is 5.88 Å². The highest BCUT2D eigenvalue weighted by Gasteiger charge is 1.79. The van der Waals surface area contributed by atoms with Crippen LogP contribution < -0.4 is 0 Å². The second-order valence-corrected chi connectivity index (χ2v) is 1.31. The SMILES string of the molecule is O=CCOCCCl. The van der Waals surface area contributed by atoms with Gasteiger partial charge in [-0.15, -0.1) is 11.6 Å². The Morgan fingerprint density at radius 2 is 2.43 bits per heavy atom. The molecule has 0 N–H and O–H groups in total. The van der Waals surface area contributed by atoms with Crippen LogP contribution in [0, 0.1) is 0 Å². The first-order valence-electron chi connectivity index (χ1n) is 1.99. The maximum Gasteiger partial charge on any atom is 0.145 e. The quantitative estimate of drug-likeness (QED) is 0.307. The molecule has 0 amide bonds. The summed E-state index contributed by atoms with van der Waals surface area (Å²) in [5, 5.41) is 0. The molecule has 0 aromatic carbocycles. The fourth-order valence-corrected chi connectivity index (χ4v) is 0.295. The number of rotatable bonds is 4. The van der Waals surface area contributed by atoms with Crippen LogP contribution in [-0.4, -0.2) is 25.4 Å². The molecular weight excluding hydrogens is 115 g/mol. The second-order valence-electron chi connectivity index (χ2n) is 0.931. The van der Waals surface area contributed by atoms with Crippen LogP contribution in [0.5, 0.6) is 0 Å². The minimum Gasteiger partial charge on any atom is -0.373 e. The number of halogens is 1. The van der Waals surface area contributed by atoms with Crippen molar-refractivity contribution in [3.8, 4) is 0 Å². The summed E-state index contributed by atoms with van der Waals surface area (Å²) >= 11 is 5.20. The average Bonchev–Trinajstić information content (AvgIpc) is 1.69. The molecule has 2 nitrogen and oxygen atoms in total. The summed E-state index contributed by atoms with van der Waals surface area (Å²) in [5.74, 6) is 0.452. The van der Waals surface area contributed by atoms with Gasteiger partial charge in [0.1, 0.15) is 12.9 Å². The van der Waals surface area contributed by atoms with E-state index in [2.05, 4.69) is 4.74 Å². The predicted molar refractivity (Wildman–Crippen MR) is 27.6 cm³/mol. The third-order valence-corrected chi connectivity index (χ3v) is 0.562. The van der Waals surface area contributed by atoms with Gasteiger partial charge >= 0.3 is 0 Å². The Morgan fingerprint density at radius 3 is 2.86 bits per heavy atom. The summed E-state index contributed by atoms with van der Waals surface area (Å²) in [6.07, 6.45) is 0.701. The third-order valence-electron chi connectivity index (χ3n) is 0.407. The molecule has 0 saturated carbocycles. The first-order chi connectivity index (χ1) is 3.41. The zero-order valence-corrected chi connectivity index (χ0v) is 4.65. The molecule has 42 valence electrons. The van der Waals surface area contributed by atoms with E-state index in [0.29, 0.717) is 18.8 Å². The number of carbonyl (C=O) groups excluding carboxylic acids is 1. The summed E-state index contributed by atoms with van der Waals surface area (Å²) in [6.45, 7) is 0.618. The van der Waals surface area contributed by atoms with Crippen molar-refractivity contribution in [2.75, 3.05) is 19.1 Å². The molecule has 0 aliphatic carbocycles. The Bertz CT molecular complexity index is 47.0. The highest BCUT2D eigenvalue weighted by atomic mass is 35.5. The highest BCUT2D eigenvalue weighted by Crippen LogP contribution is 1.74. The molecule has 0 spiro atoms. The summed E-state index contributed by atoms with van der Waals surface area (Å²) < 4.78 is 4.63. The Labute approximate surface area is 47.4 Å². The van der Waals surface area contributed by atoms with E-state index >= 15 is 0 Å². The molecule has 0 aromatic rings. The van der Waals surface area contributed by atoms with E-state index in [1.54, 1.807) is 0 Å². The monoisotopic (exact) mass is 122 g/mol. The smallest absolute Gasteiger partial charge is 0.145 e. The fourth-order valence-electron chi connectivity index (χ4n) is 0.186. The van der Waals surface area contributed by atoms with Crippen molar-refractivity contribution in [3.05, 3.63) is 0 Å². The van der Waals surface area contributed by atoms with E-state index in [9.17, 15) is 4.79 Å².